The van der Waals surface area contributed by atoms with E-state index >= 15 is 0 Å². The van der Waals surface area contributed by atoms with Crippen LogP contribution < -0.4 is 4.80 Å². The quantitative estimate of drug-likeness (QED) is 0.624. The second kappa shape index (κ2) is 7.38. The summed E-state index contributed by atoms with van der Waals surface area (Å²) in [7, 11) is -4.05. The van der Waals surface area contributed by atoms with E-state index in [9.17, 15) is 17.6 Å². The van der Waals surface area contributed by atoms with Gasteiger partial charge in [-0.05, 0) is 43.3 Å². The Bertz CT molecular complexity index is 1120. The van der Waals surface area contributed by atoms with Gasteiger partial charge >= 0.3 is 5.97 Å². The van der Waals surface area contributed by atoms with Crippen molar-refractivity contribution in [3.63, 3.8) is 0 Å². The average Bonchev–Trinajstić information content (AvgIpc) is 2.92. The number of nitrogens with zero attached hydrogens (tertiary/aromatic N) is 2. The molecule has 0 spiro atoms. The summed E-state index contributed by atoms with van der Waals surface area (Å²) in [5.41, 5.74) is 0.679. The molecule has 0 aliphatic rings. The van der Waals surface area contributed by atoms with E-state index in [1.165, 1.54) is 4.57 Å². The van der Waals surface area contributed by atoms with Crippen LogP contribution in [0.3, 0.4) is 0 Å². The van der Waals surface area contributed by atoms with Gasteiger partial charge < -0.3 is 9.30 Å². The smallest absolute Gasteiger partial charge is 0.326 e. The SMILES string of the molecule is CCOC(=O)Cn1/c(=N/S(=O)(=O)c2ccc(F)cc2)sc2ccccc21. The number of esters is 1. The molecule has 1 aromatic heterocycles. The van der Waals surface area contributed by atoms with Crippen LogP contribution in [0, 0.1) is 5.82 Å². The first kappa shape index (κ1) is 18.3. The maximum Gasteiger partial charge on any atom is 0.326 e. The van der Waals surface area contributed by atoms with Gasteiger partial charge in [-0.1, -0.05) is 23.5 Å². The van der Waals surface area contributed by atoms with E-state index in [0.717, 1.165) is 40.3 Å². The van der Waals surface area contributed by atoms with E-state index in [-0.39, 0.29) is 22.8 Å². The summed E-state index contributed by atoms with van der Waals surface area (Å²) in [5.74, 6) is -1.03. The number of benzene rings is 2. The number of halogens is 1. The number of sulfonamides is 1. The zero-order valence-electron chi connectivity index (χ0n) is 13.8. The number of para-hydroxylation sites is 1. The average molecular weight is 394 g/mol. The third kappa shape index (κ3) is 3.83. The Labute approximate surface area is 153 Å². The van der Waals surface area contributed by atoms with Gasteiger partial charge in [-0.15, -0.1) is 4.40 Å². The molecule has 0 radical (unpaired) electrons. The van der Waals surface area contributed by atoms with E-state index in [1.807, 2.05) is 12.1 Å². The molecule has 3 rings (SSSR count). The van der Waals surface area contributed by atoms with Gasteiger partial charge in [-0.2, -0.15) is 8.42 Å². The van der Waals surface area contributed by atoms with Gasteiger partial charge in [0, 0.05) is 0 Å². The van der Waals surface area contributed by atoms with E-state index in [2.05, 4.69) is 4.40 Å². The van der Waals surface area contributed by atoms with Crippen molar-refractivity contribution in [3.05, 3.63) is 59.1 Å². The molecule has 0 saturated heterocycles. The Morgan fingerprint density at radius 1 is 1.19 bits per heavy atom. The Balaban J connectivity index is 2.15. The van der Waals surface area contributed by atoms with Gasteiger partial charge in [0.05, 0.1) is 21.7 Å². The maximum atomic E-state index is 13.0. The van der Waals surface area contributed by atoms with Crippen molar-refractivity contribution >= 4 is 37.5 Å². The summed E-state index contributed by atoms with van der Waals surface area (Å²) in [6, 6.07) is 11.6. The van der Waals surface area contributed by atoms with E-state index < -0.39 is 21.8 Å². The minimum absolute atomic E-state index is 0.126. The second-order valence-corrected chi connectivity index (χ2v) is 7.88. The zero-order valence-corrected chi connectivity index (χ0v) is 15.4. The fourth-order valence-corrected chi connectivity index (χ4v) is 4.57. The Kier molecular flexibility index (Phi) is 5.19. The topological polar surface area (TPSA) is 77.7 Å². The van der Waals surface area contributed by atoms with Crippen molar-refractivity contribution < 1.29 is 22.3 Å². The van der Waals surface area contributed by atoms with Crippen LogP contribution in [0.25, 0.3) is 10.2 Å². The predicted molar refractivity (Wildman–Crippen MR) is 95.6 cm³/mol. The van der Waals surface area contributed by atoms with Gasteiger partial charge in [-0.3, -0.25) is 4.79 Å². The molecule has 26 heavy (non-hydrogen) atoms. The molecule has 136 valence electrons. The summed E-state index contributed by atoms with van der Waals surface area (Å²) in [4.78, 5) is 11.9. The minimum atomic E-state index is -4.05. The molecule has 2 aromatic carbocycles. The molecule has 1 heterocycles. The number of ether oxygens (including phenoxy) is 1. The molecule has 0 atom stereocenters. The molecule has 0 amide bonds. The Hall–Kier alpha value is -2.52. The Morgan fingerprint density at radius 2 is 1.88 bits per heavy atom. The number of carbonyl (C=O) groups excluding carboxylic acids is 1. The lowest BCUT2D eigenvalue weighted by atomic mass is 10.3. The standard InChI is InChI=1S/C17H15FN2O4S2/c1-2-24-16(21)11-20-14-5-3-4-6-15(14)25-17(20)19-26(22,23)13-9-7-12(18)8-10-13/h3-10H,2,11H2,1H3/b19-17-. The molecule has 0 aliphatic carbocycles. The normalized spacial score (nSPS) is 12.5. The fraction of sp³-hybridized carbons (Fsp3) is 0.176. The number of hydrogen-bond donors (Lipinski definition) is 0. The van der Waals surface area contributed by atoms with Gasteiger partial charge in [0.15, 0.2) is 0 Å². The number of aromatic nitrogens is 1. The number of fused-ring (bicyclic) bond motifs is 1. The van der Waals surface area contributed by atoms with Crippen LogP contribution in [0.15, 0.2) is 57.8 Å². The van der Waals surface area contributed by atoms with E-state index in [1.54, 1.807) is 19.1 Å². The molecule has 0 fully saturated rings. The molecule has 0 bridgehead atoms. The third-order valence-electron chi connectivity index (χ3n) is 3.49. The molecular weight excluding hydrogens is 379 g/mol. The highest BCUT2D eigenvalue weighted by atomic mass is 32.2. The molecule has 6 nitrogen and oxygen atoms in total. The van der Waals surface area contributed by atoms with Gasteiger partial charge in [0.2, 0.25) is 4.80 Å². The van der Waals surface area contributed by atoms with Gasteiger partial charge in [0.1, 0.15) is 12.4 Å². The first-order valence-electron chi connectivity index (χ1n) is 7.71. The van der Waals surface area contributed by atoms with Crippen LogP contribution in [0.4, 0.5) is 4.39 Å². The molecule has 0 aliphatic heterocycles. The van der Waals surface area contributed by atoms with Crippen molar-refractivity contribution in [2.45, 2.75) is 18.4 Å². The lowest BCUT2D eigenvalue weighted by Crippen LogP contribution is -2.23. The summed E-state index contributed by atoms with van der Waals surface area (Å²) in [5, 5.41) is 0. The number of carbonyl (C=O) groups is 1. The summed E-state index contributed by atoms with van der Waals surface area (Å²) >= 11 is 1.14. The molecular formula is C17H15FN2O4S2. The van der Waals surface area contributed by atoms with Crippen LogP contribution in [0.5, 0.6) is 0 Å². The monoisotopic (exact) mass is 394 g/mol. The van der Waals surface area contributed by atoms with Crippen molar-refractivity contribution in [2.75, 3.05) is 6.61 Å². The van der Waals surface area contributed by atoms with Crippen LogP contribution in [-0.2, 0) is 26.1 Å². The molecule has 0 unspecified atom stereocenters. The lowest BCUT2D eigenvalue weighted by Gasteiger charge is -2.05. The Morgan fingerprint density at radius 3 is 2.58 bits per heavy atom. The third-order valence-corrected chi connectivity index (χ3v) is 5.95. The van der Waals surface area contributed by atoms with E-state index in [4.69, 9.17) is 4.74 Å². The highest BCUT2D eigenvalue weighted by Crippen LogP contribution is 2.18. The van der Waals surface area contributed by atoms with Gasteiger partial charge in [-0.25, -0.2) is 4.39 Å². The first-order chi connectivity index (χ1) is 12.4. The van der Waals surface area contributed by atoms with Crippen LogP contribution in [0.2, 0.25) is 0 Å². The van der Waals surface area contributed by atoms with E-state index in [0.29, 0.717) is 5.52 Å². The first-order valence-corrected chi connectivity index (χ1v) is 9.97. The summed E-state index contributed by atoms with van der Waals surface area (Å²) in [6.07, 6.45) is 0. The maximum absolute atomic E-state index is 13.0. The highest BCUT2D eigenvalue weighted by Gasteiger charge is 2.16. The zero-order chi connectivity index (χ0) is 18.7. The van der Waals surface area contributed by atoms with Crippen molar-refractivity contribution in [3.8, 4) is 0 Å². The van der Waals surface area contributed by atoms with Crippen molar-refractivity contribution in [2.24, 2.45) is 4.40 Å². The molecule has 3 aromatic rings. The second-order valence-electron chi connectivity index (χ2n) is 5.26. The lowest BCUT2D eigenvalue weighted by molar-refractivity contribution is -0.143. The highest BCUT2D eigenvalue weighted by molar-refractivity contribution is 7.90. The van der Waals surface area contributed by atoms with Gasteiger partial charge in [0.25, 0.3) is 10.0 Å². The summed E-state index contributed by atoms with van der Waals surface area (Å²) < 4.78 is 49.2. The molecule has 9 heteroatoms. The number of thiazole rings is 1. The molecule has 0 N–H and O–H groups in total. The van der Waals surface area contributed by atoms with Crippen LogP contribution in [-0.4, -0.2) is 25.6 Å². The number of hydrogen-bond acceptors (Lipinski definition) is 5. The van der Waals surface area contributed by atoms with Crippen LogP contribution >= 0.6 is 11.3 Å². The summed E-state index contributed by atoms with van der Waals surface area (Å²) in [6.45, 7) is 1.76. The van der Waals surface area contributed by atoms with Crippen molar-refractivity contribution in [1.29, 1.82) is 0 Å². The van der Waals surface area contributed by atoms with Crippen molar-refractivity contribution in [1.82, 2.24) is 4.57 Å². The van der Waals surface area contributed by atoms with Crippen LogP contribution in [0.1, 0.15) is 6.92 Å². The minimum Gasteiger partial charge on any atom is -0.465 e. The number of rotatable bonds is 5. The molecule has 0 saturated carbocycles. The largest absolute Gasteiger partial charge is 0.465 e. The predicted octanol–water partition coefficient (Wildman–Crippen LogP) is 2.69. The fourth-order valence-electron chi connectivity index (χ4n) is 2.34.